The van der Waals surface area contributed by atoms with Crippen LogP contribution in [0, 0.1) is 5.92 Å². The van der Waals surface area contributed by atoms with E-state index in [4.69, 9.17) is 0 Å². The van der Waals surface area contributed by atoms with Gasteiger partial charge in [0.1, 0.15) is 5.69 Å². The van der Waals surface area contributed by atoms with Gasteiger partial charge in [-0.15, -0.1) is 0 Å². The maximum absolute atomic E-state index is 12.6. The lowest BCUT2D eigenvalue weighted by atomic mass is 9.77. The molecule has 0 radical (unpaired) electrons. The highest BCUT2D eigenvalue weighted by Crippen LogP contribution is 2.33. The summed E-state index contributed by atoms with van der Waals surface area (Å²) in [4.78, 5) is 12.6. The molecule has 2 aliphatic rings. The Hall–Kier alpha value is -0.680. The molecule has 3 rings (SSSR count). The molecule has 0 aromatic carbocycles. The summed E-state index contributed by atoms with van der Waals surface area (Å²) < 4.78 is 2.47. The molecule has 19 heavy (non-hydrogen) atoms. The first-order valence-corrected chi connectivity index (χ1v) is 7.94. The molecule has 5 heteroatoms. The average molecular weight is 326 g/mol. The number of nitrogens with zero attached hydrogens (tertiary/aromatic N) is 2. The number of piperidine rings is 1. The Kier molecular flexibility index (Phi) is 3.76. The quantitative estimate of drug-likeness (QED) is 0.850. The summed E-state index contributed by atoms with van der Waals surface area (Å²) in [5.41, 5.74) is 0.687. The fourth-order valence-corrected chi connectivity index (χ4v) is 4.10. The van der Waals surface area contributed by atoms with E-state index in [-0.39, 0.29) is 11.8 Å². The van der Waals surface area contributed by atoms with Gasteiger partial charge in [0.05, 0.1) is 16.7 Å². The number of fused-ring (bicyclic) bond motifs is 1. The van der Waals surface area contributed by atoms with Gasteiger partial charge in [0.15, 0.2) is 5.78 Å². The summed E-state index contributed by atoms with van der Waals surface area (Å²) in [6, 6.07) is 0.509. The molecule has 1 aromatic heterocycles. The molecule has 1 saturated carbocycles. The standard InChI is InChI=1S/C14H20BrN3O/c1-18-13(10(15)8-16-18)14(19)12-7-6-9-4-2-3-5-11(9)17-12/h8-9,11-12,17H,2-7H2,1H3. The van der Waals surface area contributed by atoms with Crippen molar-refractivity contribution >= 4 is 21.7 Å². The molecule has 2 heterocycles. The predicted octanol–water partition coefficient (Wildman–Crippen LogP) is 2.68. The number of aryl methyl sites for hydroxylation is 1. The zero-order valence-electron chi connectivity index (χ0n) is 11.2. The normalized spacial score (nSPS) is 30.9. The van der Waals surface area contributed by atoms with Crippen LogP contribution in [0.15, 0.2) is 10.7 Å². The Bertz CT molecular complexity index is 466. The van der Waals surface area contributed by atoms with Crippen LogP contribution in [0.5, 0.6) is 0 Å². The van der Waals surface area contributed by atoms with E-state index in [0.717, 1.165) is 16.8 Å². The topological polar surface area (TPSA) is 46.9 Å². The van der Waals surface area contributed by atoms with Crippen molar-refractivity contribution in [2.45, 2.75) is 50.6 Å². The number of carbonyl (C=O) groups excluding carboxylic acids is 1. The van der Waals surface area contributed by atoms with E-state index in [1.165, 1.54) is 32.1 Å². The zero-order valence-corrected chi connectivity index (χ0v) is 12.8. The van der Waals surface area contributed by atoms with Crippen LogP contribution in [0.1, 0.15) is 49.0 Å². The number of rotatable bonds is 2. The lowest BCUT2D eigenvalue weighted by Gasteiger charge is -2.39. The number of hydrogen-bond donors (Lipinski definition) is 1. The van der Waals surface area contributed by atoms with Gasteiger partial charge in [-0.05, 0) is 47.5 Å². The van der Waals surface area contributed by atoms with Gasteiger partial charge in [-0.2, -0.15) is 5.10 Å². The third-order valence-corrected chi connectivity index (χ3v) is 5.17. The van der Waals surface area contributed by atoms with E-state index in [1.54, 1.807) is 10.9 Å². The molecular formula is C14H20BrN3O. The summed E-state index contributed by atoms with van der Waals surface area (Å²) in [7, 11) is 1.82. The average Bonchev–Trinajstić information content (AvgIpc) is 2.77. The molecule has 1 aliphatic carbocycles. The smallest absolute Gasteiger partial charge is 0.198 e. The highest BCUT2D eigenvalue weighted by Gasteiger charge is 2.35. The van der Waals surface area contributed by atoms with Crippen molar-refractivity contribution in [2.24, 2.45) is 13.0 Å². The van der Waals surface area contributed by atoms with E-state index >= 15 is 0 Å². The van der Waals surface area contributed by atoms with Gasteiger partial charge < -0.3 is 5.32 Å². The fourth-order valence-electron chi connectivity index (χ4n) is 3.55. The molecule has 104 valence electrons. The van der Waals surface area contributed by atoms with Crippen molar-refractivity contribution in [1.29, 1.82) is 0 Å². The summed E-state index contributed by atoms with van der Waals surface area (Å²) in [6.07, 6.45) is 9.04. The first-order chi connectivity index (χ1) is 9.16. The number of carbonyl (C=O) groups is 1. The Morgan fingerprint density at radius 2 is 2.16 bits per heavy atom. The molecule has 0 spiro atoms. The van der Waals surface area contributed by atoms with Crippen molar-refractivity contribution in [2.75, 3.05) is 0 Å². The van der Waals surface area contributed by atoms with Crippen molar-refractivity contribution < 1.29 is 4.79 Å². The summed E-state index contributed by atoms with van der Waals surface area (Å²) in [6.45, 7) is 0. The SMILES string of the molecule is Cn1ncc(Br)c1C(=O)C1CCC2CCCCC2N1. The molecule has 3 atom stereocenters. The lowest BCUT2D eigenvalue weighted by molar-refractivity contribution is 0.0851. The predicted molar refractivity (Wildman–Crippen MR) is 77.1 cm³/mol. The van der Waals surface area contributed by atoms with Crippen LogP contribution in [0.4, 0.5) is 0 Å². The van der Waals surface area contributed by atoms with Gasteiger partial charge in [0.2, 0.25) is 0 Å². The van der Waals surface area contributed by atoms with E-state index in [2.05, 4.69) is 26.3 Å². The highest BCUT2D eigenvalue weighted by atomic mass is 79.9. The van der Waals surface area contributed by atoms with Gasteiger partial charge in [-0.1, -0.05) is 12.8 Å². The molecule has 4 nitrogen and oxygen atoms in total. The van der Waals surface area contributed by atoms with Crippen molar-refractivity contribution in [3.05, 3.63) is 16.4 Å². The molecule has 0 amide bonds. The first kappa shape index (κ1) is 13.3. The molecule has 2 fully saturated rings. The lowest BCUT2D eigenvalue weighted by Crippen LogP contribution is -2.52. The molecule has 1 N–H and O–H groups in total. The summed E-state index contributed by atoms with van der Waals surface area (Å²) >= 11 is 3.42. The van der Waals surface area contributed by atoms with Gasteiger partial charge in [-0.3, -0.25) is 9.48 Å². The van der Waals surface area contributed by atoms with E-state index in [9.17, 15) is 4.79 Å². The van der Waals surface area contributed by atoms with Crippen LogP contribution in [0.25, 0.3) is 0 Å². The van der Waals surface area contributed by atoms with Crippen LogP contribution in [0.3, 0.4) is 0 Å². The Labute approximate surface area is 122 Å². The number of ketones is 1. The van der Waals surface area contributed by atoms with Crippen molar-refractivity contribution in [3.8, 4) is 0 Å². The highest BCUT2D eigenvalue weighted by molar-refractivity contribution is 9.10. The number of aromatic nitrogens is 2. The minimum Gasteiger partial charge on any atom is -0.304 e. The van der Waals surface area contributed by atoms with Gasteiger partial charge >= 0.3 is 0 Å². The third-order valence-electron chi connectivity index (χ3n) is 4.59. The van der Waals surface area contributed by atoms with Gasteiger partial charge in [0, 0.05) is 13.1 Å². The van der Waals surface area contributed by atoms with Crippen molar-refractivity contribution in [3.63, 3.8) is 0 Å². The van der Waals surface area contributed by atoms with Crippen LogP contribution < -0.4 is 5.32 Å². The number of Topliss-reactive ketones (excluding diaryl/α,β-unsaturated/α-hetero) is 1. The minimum atomic E-state index is -0.0361. The summed E-state index contributed by atoms with van der Waals surface area (Å²) in [5, 5.41) is 7.72. The van der Waals surface area contributed by atoms with E-state index in [1.807, 2.05) is 7.05 Å². The maximum Gasteiger partial charge on any atom is 0.198 e. The van der Waals surface area contributed by atoms with E-state index < -0.39 is 0 Å². The second-order valence-corrected chi connectivity index (χ2v) is 6.63. The van der Waals surface area contributed by atoms with Crippen LogP contribution in [0.2, 0.25) is 0 Å². The largest absolute Gasteiger partial charge is 0.304 e. The fraction of sp³-hybridized carbons (Fsp3) is 0.714. The third kappa shape index (κ3) is 2.50. The Morgan fingerprint density at radius 3 is 2.89 bits per heavy atom. The molecule has 3 unspecified atom stereocenters. The minimum absolute atomic E-state index is 0.0361. The maximum atomic E-state index is 12.6. The van der Waals surface area contributed by atoms with Crippen LogP contribution >= 0.6 is 15.9 Å². The van der Waals surface area contributed by atoms with Crippen LogP contribution in [-0.2, 0) is 7.05 Å². The monoisotopic (exact) mass is 325 g/mol. The Morgan fingerprint density at radius 1 is 1.37 bits per heavy atom. The second-order valence-electron chi connectivity index (χ2n) is 5.78. The van der Waals surface area contributed by atoms with Crippen LogP contribution in [-0.4, -0.2) is 27.6 Å². The number of halogens is 1. The van der Waals surface area contributed by atoms with E-state index in [0.29, 0.717) is 11.7 Å². The van der Waals surface area contributed by atoms with Gasteiger partial charge in [0.25, 0.3) is 0 Å². The number of nitrogens with one attached hydrogen (secondary N) is 1. The number of hydrogen-bond acceptors (Lipinski definition) is 3. The first-order valence-electron chi connectivity index (χ1n) is 7.14. The second kappa shape index (κ2) is 5.37. The molecule has 1 saturated heterocycles. The summed E-state index contributed by atoms with van der Waals surface area (Å²) in [5.74, 6) is 0.962. The molecule has 0 bridgehead atoms. The Balaban J connectivity index is 1.74. The molecule has 1 aliphatic heterocycles. The molecular weight excluding hydrogens is 306 g/mol. The zero-order chi connectivity index (χ0) is 13.4. The molecule has 1 aromatic rings. The van der Waals surface area contributed by atoms with Crippen molar-refractivity contribution in [1.82, 2.24) is 15.1 Å². The van der Waals surface area contributed by atoms with Gasteiger partial charge in [-0.25, -0.2) is 0 Å².